The Morgan fingerprint density at radius 1 is 1.09 bits per heavy atom. The molecule has 6 heteroatoms. The minimum Gasteiger partial charge on any atom is -0.323 e. The maximum atomic E-state index is 12.4. The minimum absolute atomic E-state index is 0.328. The first-order valence-electron chi connectivity index (χ1n) is 7.19. The molecule has 0 spiro atoms. The summed E-state index contributed by atoms with van der Waals surface area (Å²) >= 11 is 0. The van der Waals surface area contributed by atoms with E-state index in [2.05, 4.69) is 10.3 Å². The highest BCUT2D eigenvalue weighted by atomic mass is 16.2. The molecule has 1 aliphatic heterocycles. The molecule has 3 amide bonds. The van der Waals surface area contributed by atoms with Gasteiger partial charge < -0.3 is 5.32 Å². The van der Waals surface area contributed by atoms with E-state index in [9.17, 15) is 14.4 Å². The maximum absolute atomic E-state index is 12.4. The molecule has 2 aromatic rings. The number of amides is 3. The normalized spacial score (nSPS) is 14.6. The second-order valence-corrected chi connectivity index (χ2v) is 5.38. The third-order valence-corrected chi connectivity index (χ3v) is 3.77. The fourth-order valence-electron chi connectivity index (χ4n) is 2.47. The molecular weight excluding hydrogens is 294 g/mol. The highest BCUT2D eigenvalue weighted by molar-refractivity contribution is 6.23. The zero-order valence-corrected chi connectivity index (χ0v) is 12.7. The lowest BCUT2D eigenvalue weighted by molar-refractivity contribution is -0.119. The van der Waals surface area contributed by atoms with Gasteiger partial charge >= 0.3 is 0 Å². The van der Waals surface area contributed by atoms with E-state index in [0.717, 1.165) is 10.6 Å². The molecule has 1 atom stereocenters. The van der Waals surface area contributed by atoms with E-state index in [1.54, 1.807) is 36.4 Å². The van der Waals surface area contributed by atoms with Crippen molar-refractivity contribution in [2.45, 2.75) is 19.9 Å². The smallest absolute Gasteiger partial charge is 0.262 e. The zero-order chi connectivity index (χ0) is 16.6. The predicted octanol–water partition coefficient (Wildman–Crippen LogP) is 2.01. The number of pyridine rings is 1. The van der Waals surface area contributed by atoms with Gasteiger partial charge in [-0.2, -0.15) is 0 Å². The van der Waals surface area contributed by atoms with Crippen LogP contribution in [0.5, 0.6) is 0 Å². The number of nitrogens with one attached hydrogen (secondary N) is 1. The fourth-order valence-corrected chi connectivity index (χ4v) is 2.47. The van der Waals surface area contributed by atoms with Gasteiger partial charge in [-0.05, 0) is 38.1 Å². The Hall–Kier alpha value is -3.02. The molecule has 3 rings (SSSR count). The SMILES string of the molecule is Cc1ccc(NC(=O)C(C)N2C(=O)c3ccccc3C2=O)cn1. The molecule has 0 aliphatic carbocycles. The molecule has 0 saturated carbocycles. The van der Waals surface area contributed by atoms with Crippen molar-refractivity contribution in [2.24, 2.45) is 0 Å². The Morgan fingerprint density at radius 3 is 2.22 bits per heavy atom. The summed E-state index contributed by atoms with van der Waals surface area (Å²) in [7, 11) is 0. The highest BCUT2D eigenvalue weighted by Gasteiger charge is 2.40. The van der Waals surface area contributed by atoms with Crippen LogP contribution in [0.4, 0.5) is 5.69 Å². The number of carbonyl (C=O) groups excluding carboxylic acids is 3. The number of hydrogen-bond donors (Lipinski definition) is 1. The van der Waals surface area contributed by atoms with Crippen LogP contribution >= 0.6 is 0 Å². The van der Waals surface area contributed by atoms with Gasteiger partial charge in [-0.15, -0.1) is 0 Å². The molecule has 1 aromatic heterocycles. The summed E-state index contributed by atoms with van der Waals surface area (Å²) in [5.74, 6) is -1.34. The number of hydrogen-bond acceptors (Lipinski definition) is 4. The molecular formula is C17H15N3O3. The summed E-state index contributed by atoms with van der Waals surface area (Å²) < 4.78 is 0. The molecule has 2 heterocycles. The molecule has 0 saturated heterocycles. The number of fused-ring (bicyclic) bond motifs is 1. The van der Waals surface area contributed by atoms with Crippen LogP contribution in [-0.4, -0.2) is 33.6 Å². The Balaban J connectivity index is 1.79. The van der Waals surface area contributed by atoms with Crippen molar-refractivity contribution >= 4 is 23.4 Å². The number of nitrogens with zero attached hydrogens (tertiary/aromatic N) is 2. The minimum atomic E-state index is -0.913. The first-order chi connectivity index (χ1) is 11.0. The van der Waals surface area contributed by atoms with Gasteiger partial charge in [-0.25, -0.2) is 0 Å². The van der Waals surface area contributed by atoms with Crippen LogP contribution in [0.2, 0.25) is 0 Å². The van der Waals surface area contributed by atoms with E-state index in [0.29, 0.717) is 16.8 Å². The van der Waals surface area contributed by atoms with Crippen LogP contribution in [0, 0.1) is 6.92 Å². The fraction of sp³-hybridized carbons (Fsp3) is 0.176. The molecule has 1 unspecified atom stereocenters. The summed E-state index contributed by atoms with van der Waals surface area (Å²) in [5, 5.41) is 2.67. The number of carbonyl (C=O) groups is 3. The average Bonchev–Trinajstić information content (AvgIpc) is 2.81. The van der Waals surface area contributed by atoms with Crippen LogP contribution in [0.15, 0.2) is 42.6 Å². The number of benzene rings is 1. The van der Waals surface area contributed by atoms with Crippen LogP contribution in [0.1, 0.15) is 33.3 Å². The third kappa shape index (κ3) is 2.59. The van der Waals surface area contributed by atoms with Crippen molar-refractivity contribution < 1.29 is 14.4 Å². The number of anilines is 1. The van der Waals surface area contributed by atoms with Gasteiger partial charge in [0.1, 0.15) is 6.04 Å². The lowest BCUT2D eigenvalue weighted by Gasteiger charge is -2.21. The van der Waals surface area contributed by atoms with E-state index in [1.807, 2.05) is 6.92 Å². The molecule has 23 heavy (non-hydrogen) atoms. The van der Waals surface area contributed by atoms with E-state index in [-0.39, 0.29) is 0 Å². The summed E-state index contributed by atoms with van der Waals surface area (Å²) in [4.78, 5) is 42.1. The Bertz CT molecular complexity index is 764. The Labute approximate surface area is 133 Å². The first kappa shape index (κ1) is 14.9. The molecule has 0 bridgehead atoms. The summed E-state index contributed by atoms with van der Waals surface area (Å²) in [6.45, 7) is 3.37. The van der Waals surface area contributed by atoms with Crippen molar-refractivity contribution in [3.8, 4) is 0 Å². The average molecular weight is 309 g/mol. The molecule has 1 N–H and O–H groups in total. The van der Waals surface area contributed by atoms with Crippen LogP contribution in [-0.2, 0) is 4.79 Å². The van der Waals surface area contributed by atoms with Gasteiger partial charge in [0.25, 0.3) is 11.8 Å². The van der Waals surface area contributed by atoms with E-state index in [1.165, 1.54) is 13.1 Å². The molecule has 116 valence electrons. The molecule has 0 radical (unpaired) electrons. The quantitative estimate of drug-likeness (QED) is 0.880. The van der Waals surface area contributed by atoms with Crippen LogP contribution in [0.25, 0.3) is 0 Å². The molecule has 1 aliphatic rings. The zero-order valence-electron chi connectivity index (χ0n) is 12.7. The summed E-state index contributed by atoms with van der Waals surface area (Å²) in [6.07, 6.45) is 1.53. The van der Waals surface area contributed by atoms with Crippen LogP contribution in [0.3, 0.4) is 0 Å². The lowest BCUT2D eigenvalue weighted by atomic mass is 10.1. The second-order valence-electron chi connectivity index (χ2n) is 5.38. The van der Waals surface area contributed by atoms with E-state index in [4.69, 9.17) is 0 Å². The number of aryl methyl sites for hydroxylation is 1. The monoisotopic (exact) mass is 309 g/mol. The lowest BCUT2D eigenvalue weighted by Crippen LogP contribution is -2.45. The van der Waals surface area contributed by atoms with Gasteiger partial charge in [-0.1, -0.05) is 12.1 Å². The van der Waals surface area contributed by atoms with E-state index < -0.39 is 23.8 Å². The predicted molar refractivity (Wildman–Crippen MR) is 84.0 cm³/mol. The van der Waals surface area contributed by atoms with Gasteiger partial charge in [0.2, 0.25) is 5.91 Å². The first-order valence-corrected chi connectivity index (χ1v) is 7.19. The number of aromatic nitrogens is 1. The van der Waals surface area contributed by atoms with Gasteiger partial charge in [0, 0.05) is 5.69 Å². The van der Waals surface area contributed by atoms with Gasteiger partial charge in [-0.3, -0.25) is 24.3 Å². The topological polar surface area (TPSA) is 79.4 Å². The molecule has 6 nitrogen and oxygen atoms in total. The second kappa shape index (κ2) is 5.64. The van der Waals surface area contributed by atoms with Crippen LogP contribution < -0.4 is 5.32 Å². The largest absolute Gasteiger partial charge is 0.323 e. The standard InChI is InChI=1S/C17H15N3O3/c1-10-7-8-12(9-18-10)19-15(21)11(2)20-16(22)13-5-3-4-6-14(13)17(20)23/h3-9,11H,1-2H3,(H,19,21). The van der Waals surface area contributed by atoms with E-state index >= 15 is 0 Å². The van der Waals surface area contributed by atoms with Crippen molar-refractivity contribution in [3.05, 3.63) is 59.4 Å². The third-order valence-electron chi connectivity index (χ3n) is 3.77. The van der Waals surface area contributed by atoms with Gasteiger partial charge in [0.15, 0.2) is 0 Å². The Kier molecular flexibility index (Phi) is 3.65. The van der Waals surface area contributed by atoms with Crippen molar-refractivity contribution in [3.63, 3.8) is 0 Å². The van der Waals surface area contributed by atoms with Crippen molar-refractivity contribution in [2.75, 3.05) is 5.32 Å². The van der Waals surface area contributed by atoms with Crippen molar-refractivity contribution in [1.29, 1.82) is 0 Å². The summed E-state index contributed by atoms with van der Waals surface area (Å²) in [5.41, 5.74) is 2.00. The summed E-state index contributed by atoms with van der Waals surface area (Å²) in [6, 6.07) is 9.13. The highest BCUT2D eigenvalue weighted by Crippen LogP contribution is 2.24. The molecule has 0 fully saturated rings. The van der Waals surface area contributed by atoms with Gasteiger partial charge in [0.05, 0.1) is 23.0 Å². The molecule has 1 aromatic carbocycles. The maximum Gasteiger partial charge on any atom is 0.262 e. The number of rotatable bonds is 3. The van der Waals surface area contributed by atoms with Crippen molar-refractivity contribution in [1.82, 2.24) is 9.88 Å². The number of imide groups is 1. The Morgan fingerprint density at radius 2 is 1.70 bits per heavy atom.